The Labute approximate surface area is 78.5 Å². The molecule has 0 radical (unpaired) electrons. The first-order valence-corrected chi connectivity index (χ1v) is 3.87. The van der Waals surface area contributed by atoms with Crippen molar-refractivity contribution in [2.75, 3.05) is 0 Å². The van der Waals surface area contributed by atoms with Gasteiger partial charge in [0.2, 0.25) is 0 Å². The second kappa shape index (κ2) is 2.99. The van der Waals surface area contributed by atoms with Gasteiger partial charge < -0.3 is 4.42 Å². The van der Waals surface area contributed by atoms with Crippen molar-refractivity contribution in [1.29, 1.82) is 0 Å². The molecule has 72 valence electrons. The molecule has 1 saturated heterocycles. The van der Waals surface area contributed by atoms with E-state index < -0.39 is 17.8 Å². The maximum absolute atomic E-state index is 11.1. The third kappa shape index (κ3) is 1.26. The zero-order valence-electron chi connectivity index (χ0n) is 7.02. The number of nitrogens with zero attached hydrogens (tertiary/aromatic N) is 1. The van der Waals surface area contributed by atoms with E-state index in [4.69, 9.17) is 4.42 Å². The van der Waals surface area contributed by atoms with E-state index in [1.165, 1.54) is 6.26 Å². The number of amides is 4. The van der Waals surface area contributed by atoms with Crippen molar-refractivity contribution in [1.82, 2.24) is 10.2 Å². The van der Waals surface area contributed by atoms with E-state index in [1.54, 1.807) is 12.1 Å². The van der Waals surface area contributed by atoms with Crippen molar-refractivity contribution >= 4 is 17.8 Å². The van der Waals surface area contributed by atoms with Crippen LogP contribution in [0.2, 0.25) is 0 Å². The number of hydrogen-bond donors (Lipinski definition) is 1. The van der Waals surface area contributed by atoms with Crippen LogP contribution in [0.15, 0.2) is 22.8 Å². The van der Waals surface area contributed by atoms with Crippen LogP contribution >= 0.6 is 0 Å². The van der Waals surface area contributed by atoms with Crippen molar-refractivity contribution in [3.8, 4) is 0 Å². The number of urea groups is 1. The Balaban J connectivity index is 2.16. The highest BCUT2D eigenvalue weighted by Crippen LogP contribution is 2.09. The maximum atomic E-state index is 11.1. The summed E-state index contributed by atoms with van der Waals surface area (Å²) >= 11 is 0. The molecule has 0 unspecified atom stereocenters. The molecule has 6 heteroatoms. The fourth-order valence-electron chi connectivity index (χ4n) is 1.13. The Morgan fingerprint density at radius 3 is 2.64 bits per heavy atom. The maximum Gasteiger partial charge on any atom is 0.331 e. The summed E-state index contributed by atoms with van der Waals surface area (Å²) in [5.74, 6) is -1.31. The van der Waals surface area contributed by atoms with Gasteiger partial charge in [0.25, 0.3) is 0 Å². The molecule has 1 aliphatic heterocycles. The van der Waals surface area contributed by atoms with Crippen LogP contribution in [0.3, 0.4) is 0 Å². The predicted molar refractivity (Wildman–Crippen MR) is 42.8 cm³/mol. The Kier molecular flexibility index (Phi) is 1.81. The van der Waals surface area contributed by atoms with Crippen LogP contribution in [0.1, 0.15) is 5.76 Å². The fraction of sp³-hybridized carbons (Fsp3) is 0.125. The number of carbonyl (C=O) groups is 3. The van der Waals surface area contributed by atoms with Gasteiger partial charge in [0.05, 0.1) is 12.8 Å². The summed E-state index contributed by atoms with van der Waals surface area (Å²) in [5, 5.41) is 1.89. The van der Waals surface area contributed by atoms with E-state index in [2.05, 4.69) is 0 Å². The van der Waals surface area contributed by atoms with E-state index in [9.17, 15) is 14.4 Å². The molecule has 1 aromatic heterocycles. The number of carbonyl (C=O) groups excluding carboxylic acids is 3. The van der Waals surface area contributed by atoms with Crippen molar-refractivity contribution in [2.24, 2.45) is 0 Å². The van der Waals surface area contributed by atoms with Crippen LogP contribution in [0, 0.1) is 0 Å². The molecule has 4 amide bonds. The Bertz CT molecular complexity index is 395. The van der Waals surface area contributed by atoms with Gasteiger partial charge >= 0.3 is 17.8 Å². The average molecular weight is 194 g/mol. The molecule has 2 heterocycles. The van der Waals surface area contributed by atoms with Gasteiger partial charge in [0.15, 0.2) is 0 Å². The lowest BCUT2D eigenvalue weighted by Gasteiger charge is -2.07. The summed E-state index contributed by atoms with van der Waals surface area (Å²) in [7, 11) is 0. The smallest absolute Gasteiger partial charge is 0.331 e. The molecular formula is C8H6N2O4. The van der Waals surface area contributed by atoms with E-state index in [-0.39, 0.29) is 6.54 Å². The lowest BCUT2D eigenvalue weighted by atomic mass is 10.4. The predicted octanol–water partition coefficient (Wildman–Crippen LogP) is -0.142. The Morgan fingerprint density at radius 1 is 1.36 bits per heavy atom. The second-order valence-corrected chi connectivity index (χ2v) is 2.73. The largest absolute Gasteiger partial charge is 0.467 e. The number of furan rings is 1. The number of hydrogen-bond acceptors (Lipinski definition) is 4. The zero-order valence-corrected chi connectivity index (χ0v) is 7.02. The first-order valence-electron chi connectivity index (χ1n) is 3.87. The minimum atomic E-state index is -0.901. The van der Waals surface area contributed by atoms with E-state index >= 15 is 0 Å². The highest BCUT2D eigenvalue weighted by molar-refractivity contribution is 6.44. The van der Waals surface area contributed by atoms with Gasteiger partial charge in [0, 0.05) is 0 Å². The first kappa shape index (κ1) is 8.49. The summed E-state index contributed by atoms with van der Waals surface area (Å²) < 4.78 is 4.94. The molecular weight excluding hydrogens is 188 g/mol. The highest BCUT2D eigenvalue weighted by atomic mass is 16.3. The standard InChI is InChI=1S/C8H6N2O4/c11-6-7(12)10(8(13)9-6)4-5-2-1-3-14-5/h1-3H,4H2,(H,9,11,13). The van der Waals surface area contributed by atoms with Gasteiger partial charge in [-0.2, -0.15) is 0 Å². The summed E-state index contributed by atoms with van der Waals surface area (Å²) in [5.41, 5.74) is 0. The van der Waals surface area contributed by atoms with Crippen LogP contribution in [0.4, 0.5) is 4.79 Å². The van der Waals surface area contributed by atoms with Crippen LogP contribution in [0.5, 0.6) is 0 Å². The molecule has 6 nitrogen and oxygen atoms in total. The van der Waals surface area contributed by atoms with Crippen LogP contribution < -0.4 is 5.32 Å². The minimum absolute atomic E-state index is 0.0244. The van der Waals surface area contributed by atoms with Gasteiger partial charge in [-0.3, -0.25) is 14.9 Å². The van der Waals surface area contributed by atoms with Gasteiger partial charge in [-0.15, -0.1) is 0 Å². The second-order valence-electron chi connectivity index (χ2n) is 2.73. The number of imide groups is 2. The summed E-state index contributed by atoms with van der Waals surface area (Å²) in [6, 6.07) is 2.54. The van der Waals surface area contributed by atoms with Crippen molar-refractivity contribution in [3.05, 3.63) is 24.2 Å². The summed E-state index contributed by atoms with van der Waals surface area (Å²) in [6.07, 6.45) is 1.43. The molecule has 1 fully saturated rings. The van der Waals surface area contributed by atoms with E-state index in [1.807, 2.05) is 5.32 Å². The molecule has 0 aliphatic carbocycles. The lowest BCUT2D eigenvalue weighted by molar-refractivity contribution is -0.140. The normalized spacial score (nSPS) is 16.3. The monoisotopic (exact) mass is 194 g/mol. The van der Waals surface area contributed by atoms with Gasteiger partial charge in [-0.05, 0) is 12.1 Å². The Morgan fingerprint density at radius 2 is 2.14 bits per heavy atom. The first-order chi connectivity index (χ1) is 6.68. The minimum Gasteiger partial charge on any atom is -0.467 e. The third-order valence-corrected chi connectivity index (χ3v) is 1.80. The SMILES string of the molecule is O=C1NC(=O)N(Cc2ccco2)C1=O. The van der Waals surface area contributed by atoms with Gasteiger partial charge in [-0.25, -0.2) is 9.69 Å². The van der Waals surface area contributed by atoms with Crippen LogP contribution in [-0.2, 0) is 16.1 Å². The highest BCUT2D eigenvalue weighted by Gasteiger charge is 2.37. The number of rotatable bonds is 2. The number of nitrogens with one attached hydrogen (secondary N) is 1. The van der Waals surface area contributed by atoms with E-state index in [0.717, 1.165) is 4.90 Å². The van der Waals surface area contributed by atoms with Gasteiger partial charge in [-0.1, -0.05) is 0 Å². The fourth-order valence-corrected chi connectivity index (χ4v) is 1.13. The molecule has 0 bridgehead atoms. The Hall–Kier alpha value is -2.11. The molecule has 0 saturated carbocycles. The lowest BCUT2D eigenvalue weighted by Crippen LogP contribution is -2.30. The molecule has 1 aliphatic rings. The summed E-state index contributed by atoms with van der Waals surface area (Å²) in [6.45, 7) is -0.0244. The third-order valence-electron chi connectivity index (χ3n) is 1.80. The molecule has 0 atom stereocenters. The van der Waals surface area contributed by atoms with Crippen molar-refractivity contribution in [2.45, 2.75) is 6.54 Å². The summed E-state index contributed by atoms with van der Waals surface area (Å²) in [4.78, 5) is 33.7. The zero-order chi connectivity index (χ0) is 10.1. The molecule has 1 N–H and O–H groups in total. The average Bonchev–Trinajstić information content (AvgIpc) is 2.71. The quantitative estimate of drug-likeness (QED) is 0.524. The molecule has 0 aromatic carbocycles. The molecule has 2 rings (SSSR count). The van der Waals surface area contributed by atoms with Crippen molar-refractivity contribution < 1.29 is 18.8 Å². The molecule has 1 aromatic rings. The van der Waals surface area contributed by atoms with Crippen molar-refractivity contribution in [3.63, 3.8) is 0 Å². The van der Waals surface area contributed by atoms with Crippen LogP contribution in [0.25, 0.3) is 0 Å². The van der Waals surface area contributed by atoms with E-state index in [0.29, 0.717) is 5.76 Å². The molecule has 0 spiro atoms. The van der Waals surface area contributed by atoms with Gasteiger partial charge in [0.1, 0.15) is 5.76 Å². The molecule has 14 heavy (non-hydrogen) atoms. The topological polar surface area (TPSA) is 79.6 Å². The van der Waals surface area contributed by atoms with Crippen LogP contribution in [-0.4, -0.2) is 22.7 Å².